The average Bonchev–Trinajstić information content (AvgIpc) is 3.53. The Bertz CT molecular complexity index is 1650. The molecule has 0 aliphatic carbocycles. The number of hydrogen-bond acceptors (Lipinski definition) is 6. The lowest BCUT2D eigenvalue weighted by Crippen LogP contribution is -2.52. The zero-order valence-corrected chi connectivity index (χ0v) is 21.2. The number of nitrogens with two attached hydrogens (primary N) is 1. The quantitative estimate of drug-likeness (QED) is 0.268. The zero-order valence-electron chi connectivity index (χ0n) is 21.2. The third kappa shape index (κ3) is 4.22. The summed E-state index contributed by atoms with van der Waals surface area (Å²) in [5, 5.41) is 20.5. The molecule has 0 radical (unpaired) electrons. The minimum atomic E-state index is -5.33. The number of pyridine rings is 1. The number of primary amides is 1. The van der Waals surface area contributed by atoms with Gasteiger partial charge in [-0.25, -0.2) is 9.37 Å². The van der Waals surface area contributed by atoms with E-state index < -0.39 is 47.1 Å². The van der Waals surface area contributed by atoms with Crippen LogP contribution in [0.1, 0.15) is 34.1 Å². The van der Waals surface area contributed by atoms with Gasteiger partial charge in [0.1, 0.15) is 29.3 Å². The van der Waals surface area contributed by atoms with Gasteiger partial charge in [0.2, 0.25) is 11.5 Å². The molecule has 2 atom stereocenters. The number of benzene rings is 2. The summed E-state index contributed by atoms with van der Waals surface area (Å²) in [4.78, 5) is 29.4. The number of aromatic amines is 1. The van der Waals surface area contributed by atoms with Crippen LogP contribution in [0, 0.1) is 12.7 Å². The number of alkyl halides is 3. The first-order valence-corrected chi connectivity index (χ1v) is 12.0. The molecule has 208 valence electrons. The van der Waals surface area contributed by atoms with E-state index in [-0.39, 0.29) is 34.7 Å². The summed E-state index contributed by atoms with van der Waals surface area (Å²) in [6.45, 7) is 1.42. The lowest BCUT2D eigenvalue weighted by molar-refractivity contribution is -0.265. The maximum absolute atomic E-state index is 14.6. The molecule has 4 aromatic rings. The SMILES string of the molecule is Cc1c(C(=O)NCC(O)(c2cc3c(c(-c4ccc(F)cc4)n2)OC[C@]3(C)C(N)=O)C(F)(F)F)ccc2[nH]ncc12. The third-order valence-corrected chi connectivity index (χ3v) is 7.27. The summed E-state index contributed by atoms with van der Waals surface area (Å²) in [7, 11) is 0. The van der Waals surface area contributed by atoms with Gasteiger partial charge in [0.25, 0.3) is 5.91 Å². The average molecular weight is 558 g/mol. The fourth-order valence-electron chi connectivity index (χ4n) is 4.65. The number of aromatic nitrogens is 3. The number of nitrogens with one attached hydrogen (secondary N) is 2. The predicted molar refractivity (Wildman–Crippen MR) is 135 cm³/mol. The summed E-state index contributed by atoms with van der Waals surface area (Å²) in [6, 6.07) is 8.59. The molecule has 5 N–H and O–H groups in total. The van der Waals surface area contributed by atoms with Gasteiger partial charge in [-0.15, -0.1) is 0 Å². The molecule has 1 aliphatic rings. The topological polar surface area (TPSA) is 143 Å². The molecule has 5 rings (SSSR count). The van der Waals surface area contributed by atoms with Crippen LogP contribution < -0.4 is 15.8 Å². The summed E-state index contributed by atoms with van der Waals surface area (Å²) in [5.41, 5.74) is 0.607. The molecule has 2 aromatic carbocycles. The molecule has 40 heavy (non-hydrogen) atoms. The molecule has 2 amide bonds. The first-order chi connectivity index (χ1) is 18.8. The number of amides is 2. The maximum atomic E-state index is 14.6. The van der Waals surface area contributed by atoms with Crippen LogP contribution in [-0.2, 0) is 15.8 Å². The summed E-state index contributed by atoms with van der Waals surface area (Å²) in [6.07, 6.45) is -3.84. The molecule has 0 spiro atoms. The third-order valence-electron chi connectivity index (χ3n) is 7.27. The molecule has 1 aliphatic heterocycles. The van der Waals surface area contributed by atoms with Gasteiger partial charge in [0.05, 0.1) is 24.0 Å². The second-order valence-corrected chi connectivity index (χ2v) is 9.83. The number of H-pyrrole nitrogens is 1. The van der Waals surface area contributed by atoms with E-state index in [0.29, 0.717) is 16.5 Å². The number of fused-ring (bicyclic) bond motifs is 2. The van der Waals surface area contributed by atoms with Crippen LogP contribution >= 0.6 is 0 Å². The van der Waals surface area contributed by atoms with Crippen molar-refractivity contribution in [3.63, 3.8) is 0 Å². The monoisotopic (exact) mass is 557 g/mol. The van der Waals surface area contributed by atoms with Gasteiger partial charge < -0.3 is 20.9 Å². The normalized spacial score (nSPS) is 18.2. The Kier molecular flexibility index (Phi) is 6.29. The van der Waals surface area contributed by atoms with Gasteiger partial charge in [0.15, 0.2) is 0 Å². The number of nitrogens with zero attached hydrogens (tertiary/aromatic N) is 2. The molecular formula is C27H23F4N5O4. The Morgan fingerprint density at radius 3 is 2.55 bits per heavy atom. The van der Waals surface area contributed by atoms with Crippen molar-refractivity contribution in [2.75, 3.05) is 13.2 Å². The number of rotatable bonds is 6. The van der Waals surface area contributed by atoms with Gasteiger partial charge in [0, 0.05) is 22.1 Å². The van der Waals surface area contributed by atoms with Gasteiger partial charge in [-0.05, 0) is 61.9 Å². The van der Waals surface area contributed by atoms with Crippen molar-refractivity contribution in [1.29, 1.82) is 0 Å². The van der Waals surface area contributed by atoms with Crippen LogP contribution in [0.15, 0.2) is 48.7 Å². The minimum absolute atomic E-state index is 0.0192. The first kappa shape index (κ1) is 27.1. The van der Waals surface area contributed by atoms with Crippen LogP contribution in [0.3, 0.4) is 0 Å². The van der Waals surface area contributed by atoms with Crippen molar-refractivity contribution in [3.8, 4) is 17.0 Å². The molecule has 3 heterocycles. The summed E-state index contributed by atoms with van der Waals surface area (Å²) < 4.78 is 62.9. The van der Waals surface area contributed by atoms with E-state index in [9.17, 15) is 32.3 Å². The number of ether oxygens (including phenoxy) is 1. The van der Waals surface area contributed by atoms with E-state index in [2.05, 4.69) is 20.5 Å². The Labute approximate surface area is 224 Å². The largest absolute Gasteiger partial charge is 0.489 e. The molecule has 0 bridgehead atoms. The highest BCUT2D eigenvalue weighted by molar-refractivity contribution is 6.00. The van der Waals surface area contributed by atoms with Crippen molar-refractivity contribution in [3.05, 3.63) is 76.9 Å². The Morgan fingerprint density at radius 1 is 1.20 bits per heavy atom. The predicted octanol–water partition coefficient (Wildman–Crippen LogP) is 3.39. The fourth-order valence-corrected chi connectivity index (χ4v) is 4.65. The van der Waals surface area contributed by atoms with Gasteiger partial charge in [-0.2, -0.15) is 18.3 Å². The Balaban J connectivity index is 1.60. The molecule has 2 aromatic heterocycles. The number of hydrogen-bond donors (Lipinski definition) is 4. The lowest BCUT2D eigenvalue weighted by Gasteiger charge is -2.31. The van der Waals surface area contributed by atoms with Crippen LogP contribution in [0.25, 0.3) is 22.2 Å². The number of carbonyl (C=O) groups excluding carboxylic acids is 2. The second-order valence-electron chi connectivity index (χ2n) is 9.83. The minimum Gasteiger partial charge on any atom is -0.489 e. The fraction of sp³-hybridized carbons (Fsp3) is 0.259. The van der Waals surface area contributed by atoms with Crippen molar-refractivity contribution in [1.82, 2.24) is 20.5 Å². The molecular weight excluding hydrogens is 534 g/mol. The van der Waals surface area contributed by atoms with Crippen molar-refractivity contribution < 1.29 is 37.0 Å². The highest BCUT2D eigenvalue weighted by Gasteiger charge is 2.57. The van der Waals surface area contributed by atoms with E-state index >= 15 is 0 Å². The Morgan fingerprint density at radius 2 is 1.90 bits per heavy atom. The smallest absolute Gasteiger partial charge is 0.424 e. The first-order valence-electron chi connectivity index (χ1n) is 12.0. The van der Waals surface area contributed by atoms with E-state index in [4.69, 9.17) is 10.5 Å². The lowest BCUT2D eigenvalue weighted by atomic mass is 9.81. The number of halogens is 4. The second kappa shape index (κ2) is 9.30. The van der Waals surface area contributed by atoms with Crippen molar-refractivity contribution in [2.24, 2.45) is 5.73 Å². The molecule has 13 heteroatoms. The Hall–Kier alpha value is -4.52. The highest BCUT2D eigenvalue weighted by Crippen LogP contribution is 2.47. The standard InChI is InChI=1S/C27H23F4N5O4/c1-13-16(7-8-19-17(13)10-34-36-19)23(37)33-11-26(39,27(29,30)31)20-9-18-22(40-12-25(18,2)24(32)38)21(35-20)14-3-5-15(28)6-4-14/h3-10,39H,11-12H2,1-2H3,(H2,32,38)(H,33,37)(H,34,36)/t25-,26?/m0/s1. The van der Waals surface area contributed by atoms with E-state index in [0.717, 1.165) is 18.2 Å². The van der Waals surface area contributed by atoms with E-state index in [1.165, 1.54) is 31.3 Å². The summed E-state index contributed by atoms with van der Waals surface area (Å²) >= 11 is 0. The van der Waals surface area contributed by atoms with Crippen LogP contribution in [-0.4, -0.2) is 51.4 Å². The maximum Gasteiger partial charge on any atom is 0.424 e. The van der Waals surface area contributed by atoms with Crippen LogP contribution in [0.5, 0.6) is 5.75 Å². The summed E-state index contributed by atoms with van der Waals surface area (Å²) in [5.74, 6) is -2.36. The van der Waals surface area contributed by atoms with Crippen molar-refractivity contribution >= 4 is 22.7 Å². The highest BCUT2D eigenvalue weighted by atomic mass is 19.4. The van der Waals surface area contributed by atoms with E-state index in [1.807, 2.05) is 0 Å². The molecule has 9 nitrogen and oxygen atoms in total. The number of carbonyl (C=O) groups is 2. The molecule has 0 fully saturated rings. The van der Waals surface area contributed by atoms with Crippen LogP contribution in [0.4, 0.5) is 17.6 Å². The number of aryl methyl sites for hydroxylation is 1. The van der Waals surface area contributed by atoms with Crippen molar-refractivity contribution in [2.45, 2.75) is 31.0 Å². The zero-order chi connectivity index (χ0) is 29.0. The molecule has 1 unspecified atom stereocenters. The van der Waals surface area contributed by atoms with Gasteiger partial charge in [-0.3, -0.25) is 14.7 Å². The number of aliphatic hydroxyl groups is 1. The van der Waals surface area contributed by atoms with Crippen LogP contribution in [0.2, 0.25) is 0 Å². The van der Waals surface area contributed by atoms with Gasteiger partial charge >= 0.3 is 6.18 Å². The molecule has 0 saturated heterocycles. The molecule has 0 saturated carbocycles. The van der Waals surface area contributed by atoms with Gasteiger partial charge in [-0.1, -0.05) is 0 Å². The van der Waals surface area contributed by atoms with E-state index in [1.54, 1.807) is 13.0 Å².